The van der Waals surface area contributed by atoms with E-state index in [2.05, 4.69) is 216 Å². The molecule has 11 rings (SSSR count). The number of amides is 5. The molecule has 0 aliphatic rings. The van der Waals surface area contributed by atoms with Crippen LogP contribution >= 0.6 is 132 Å². The van der Waals surface area contributed by atoms with Gasteiger partial charge in [0.1, 0.15) is 18.8 Å². The molecule has 718 valence electrons. The molecule has 28 heteroatoms. The summed E-state index contributed by atoms with van der Waals surface area (Å²) in [5.41, 5.74) is 31.7. The van der Waals surface area contributed by atoms with Crippen LogP contribution in [0.3, 0.4) is 0 Å². The summed E-state index contributed by atoms with van der Waals surface area (Å²) in [5.74, 6) is 0.370. The van der Waals surface area contributed by atoms with Crippen LogP contribution in [0.2, 0.25) is 0 Å². The van der Waals surface area contributed by atoms with Crippen molar-refractivity contribution in [2.45, 2.75) is 202 Å². The average molecular weight is 2540 g/mol. The topological polar surface area (TPSA) is 281 Å². The zero-order valence-electron chi connectivity index (χ0n) is 75.7. The summed E-state index contributed by atoms with van der Waals surface area (Å²) in [4.78, 5) is 80.5. The van der Waals surface area contributed by atoms with Crippen molar-refractivity contribution in [1.82, 2.24) is 41.1 Å². The number of aromatic nitrogens is 3. The number of nitrogens with two attached hydrogens (primary N) is 3. The summed E-state index contributed by atoms with van der Waals surface area (Å²) >= 11 is 14.0. The standard InChI is InChI=1S/C38H47N5O4S2.C24H31NO2.C23H25N3O2S.C18H22N2.2CH4.I3.I2.HI/c1-26(2)35(42-37(45)43(5)22-32-24-48-36(40-32)27(3)4)34(44)20-30(18-28-12-8-6-9-13-28)16-17-31(19-29-14-10-7-11-15-29)41-38(46)47-23-33-21-39-25-49-33;1-19(17-20-11-7-5-8-12-20)15-16-22(18-21-13-9-6-10-14-21)25-23(26)27-24(2,3)4;24-20(13-18-7-3-1-4-8-18)11-12-21(14-19-9-5-2-6-10-19)26-23(27)28-16-22-15-25-17-29-22;19-17(13-15-7-3-1-4-8-15)11-12-18(20)14-16-9-5-2-6-10-16;;;1-3-2;1-2;/h6-17,21,24-27,30-31,35H,18-20,22-23H2,1-5H3,(H,41,46)(H,42,45);5-16,19,22H,17-18H2,1-4H3,(H,25,26);1-12,15,17,20-21H,13-14,16,24H2,(H,26,27);1-12,17-18H,13-14,19-20H2;2*1H4;;;1H/q;;;;;;-1;;/b17-16+;16-15+;2*12-11+;;;;;/t30-,31-,35+;19-,22-;20-,21-;17-,18-;;;;;/m1111...../s1. The first-order chi connectivity index (χ1) is 62.7. The molecule has 5 amide bonds. The monoisotopic (exact) mass is 2530 g/mol. The summed E-state index contributed by atoms with van der Waals surface area (Å²) in [6.07, 6.45) is 24.4. The number of rotatable bonds is 39. The third kappa shape index (κ3) is 53.8. The first-order valence-corrected chi connectivity index (χ1v) is 64.6. The van der Waals surface area contributed by atoms with Crippen LogP contribution < -0.4 is 51.7 Å². The fourth-order valence-corrected chi connectivity index (χ4v) is 15.1. The fraction of sp³-hybridized carbons (Fsp3) is 0.333. The molecule has 0 radical (unpaired) electrons. The molecular formula is C105H134I6N11O8S3-. The minimum absolute atomic E-state index is 0. The van der Waals surface area contributed by atoms with E-state index in [1.54, 1.807) is 46.7 Å². The molecule has 0 aliphatic heterocycles. The Morgan fingerprint density at radius 3 is 1.08 bits per heavy atom. The van der Waals surface area contributed by atoms with Crippen LogP contribution in [0, 0.1) is 17.8 Å². The number of nitrogens with one attached hydrogen (secondary N) is 4. The van der Waals surface area contributed by atoms with Gasteiger partial charge in [0.2, 0.25) is 0 Å². The number of hydrogen-bond donors (Lipinski definition) is 7. The molecule has 0 saturated carbocycles. The molecule has 133 heavy (non-hydrogen) atoms. The number of ether oxygens (including phenoxy) is 3. The smallest absolute Gasteiger partial charge is 0.407 e. The number of alkyl carbamates (subject to hydrolysis) is 3. The Morgan fingerprint density at radius 2 is 0.759 bits per heavy atom. The second-order valence-electron chi connectivity index (χ2n) is 32.7. The molecule has 10 N–H and O–H groups in total. The SMILES string of the molecule is C.C.CC(C)c1nc(CN(C)C(=O)N[C@H](C(=O)C[C@H](/C=C/[C@H](Cc2ccccc2)NC(=O)OCc2cncs2)Cc2ccccc2)C(C)C)cs1.C[C@H](/C=C/[C@H](Cc1ccccc1)NC(=O)OC(C)(C)C)Cc1ccccc1.I.II.I[I-]I.N[C@H](/C=C/[C@@H](N)Cc1ccccc1)Cc1ccccc1.N[C@H](/C=C/[C@H](Cc1ccccc1)NC(=O)OCc1cncs1)Cc1ccccc1. The molecule has 0 fully saturated rings. The molecule has 3 heterocycles. The van der Waals surface area contributed by atoms with Gasteiger partial charge in [0, 0.05) is 92.5 Å². The number of Topliss-reactive ketones (excluding diaryl/α,β-unsaturated/α-hetero) is 1. The van der Waals surface area contributed by atoms with Gasteiger partial charge in [0.25, 0.3) is 0 Å². The molecule has 3 aromatic heterocycles. The maximum Gasteiger partial charge on any atom is 0.407 e. The van der Waals surface area contributed by atoms with Crippen LogP contribution in [0.1, 0.15) is 148 Å². The minimum Gasteiger partial charge on any atom is -0.444 e. The average Bonchev–Trinajstić information content (AvgIpc) is 1.83. The number of urea groups is 1. The van der Waals surface area contributed by atoms with Gasteiger partial charge in [0.15, 0.2) is 5.78 Å². The Bertz CT molecular complexity index is 4950. The Balaban J connectivity index is 0.000000469. The van der Waals surface area contributed by atoms with Crippen molar-refractivity contribution in [3.8, 4) is 0 Å². The molecule has 0 aliphatic carbocycles. The Kier molecular flexibility index (Phi) is 63.3. The zero-order valence-corrected chi connectivity index (χ0v) is 91.3. The number of ketones is 1. The van der Waals surface area contributed by atoms with Crippen molar-refractivity contribution in [2.24, 2.45) is 35.0 Å². The van der Waals surface area contributed by atoms with Gasteiger partial charge >= 0.3 is 74.8 Å². The molecule has 0 spiro atoms. The number of halogens is 6. The molecule has 19 nitrogen and oxygen atoms in total. The molecule has 9 atom stereocenters. The Labute approximate surface area is 873 Å². The summed E-state index contributed by atoms with van der Waals surface area (Å²) in [6, 6.07) is 79.5. The summed E-state index contributed by atoms with van der Waals surface area (Å²) in [6.45, 7) is 16.6. The quantitative estimate of drug-likeness (QED) is 0.0107. The third-order valence-electron chi connectivity index (χ3n) is 19.6. The van der Waals surface area contributed by atoms with Crippen molar-refractivity contribution in [3.05, 3.63) is 385 Å². The predicted molar refractivity (Wildman–Crippen MR) is 595 cm³/mol. The maximum atomic E-state index is 13.9. The first kappa shape index (κ1) is 120. The normalized spacial score (nSPS) is 12.9. The van der Waals surface area contributed by atoms with Gasteiger partial charge < -0.3 is 57.6 Å². The molecular weight excluding hydrogens is 2400 g/mol. The van der Waals surface area contributed by atoms with Crippen molar-refractivity contribution in [1.29, 1.82) is 0 Å². The minimum atomic E-state index is -0.664. The van der Waals surface area contributed by atoms with Gasteiger partial charge in [0.05, 0.1) is 62.2 Å². The second kappa shape index (κ2) is 70.3. The van der Waals surface area contributed by atoms with Crippen molar-refractivity contribution >= 4 is 163 Å². The Hall–Kier alpha value is -7.38. The van der Waals surface area contributed by atoms with Crippen LogP contribution in [0.25, 0.3) is 0 Å². The number of benzene rings is 8. The van der Waals surface area contributed by atoms with Crippen LogP contribution in [0.5, 0.6) is 0 Å². The summed E-state index contributed by atoms with van der Waals surface area (Å²) in [7, 11) is 1.72. The third-order valence-corrected chi connectivity index (χ3v) is 22.3. The molecule has 11 aromatic rings. The van der Waals surface area contributed by atoms with Gasteiger partial charge in [-0.05, 0) is 134 Å². The van der Waals surface area contributed by atoms with Gasteiger partial charge in [-0.2, -0.15) is 0 Å². The van der Waals surface area contributed by atoms with Crippen LogP contribution in [-0.4, -0.2) is 105 Å². The van der Waals surface area contributed by atoms with E-state index in [1.165, 1.54) is 50.5 Å². The van der Waals surface area contributed by atoms with E-state index in [1.807, 2.05) is 246 Å². The van der Waals surface area contributed by atoms with Crippen molar-refractivity contribution < 1.29 is 51.4 Å². The number of thiazole rings is 3. The van der Waals surface area contributed by atoms with Gasteiger partial charge in [-0.3, -0.25) is 14.8 Å². The van der Waals surface area contributed by atoms with E-state index in [0.717, 1.165) is 69.3 Å². The van der Waals surface area contributed by atoms with Crippen molar-refractivity contribution in [2.75, 3.05) is 7.05 Å². The number of carbonyl (C=O) groups is 5. The molecule has 8 aromatic carbocycles. The number of allylic oxidation sites excluding steroid dienone is 2. The van der Waals surface area contributed by atoms with E-state index < -0.39 is 23.8 Å². The number of carbonyl (C=O) groups excluding carboxylic acids is 5. The molecule has 0 unspecified atom stereocenters. The predicted octanol–water partition coefficient (Wildman–Crippen LogP) is 22.6. The van der Waals surface area contributed by atoms with E-state index in [9.17, 15) is 24.0 Å². The maximum absolute atomic E-state index is 13.9. The van der Waals surface area contributed by atoms with Crippen LogP contribution in [0.4, 0.5) is 19.2 Å². The van der Waals surface area contributed by atoms with E-state index in [0.29, 0.717) is 50.9 Å². The van der Waals surface area contributed by atoms with Crippen LogP contribution in [-0.2, 0) is 90.1 Å². The largest absolute Gasteiger partial charge is 0.444 e. The summed E-state index contributed by atoms with van der Waals surface area (Å²) in [5, 5.41) is 14.9. The molecule has 0 bridgehead atoms. The van der Waals surface area contributed by atoms with Gasteiger partial charge in [-0.15, -0.1) is 58.0 Å². The number of nitrogens with zero attached hydrogens (tertiary/aromatic N) is 4. The van der Waals surface area contributed by atoms with E-state index >= 15 is 0 Å². The van der Waals surface area contributed by atoms with Crippen molar-refractivity contribution in [3.63, 3.8) is 0 Å². The van der Waals surface area contributed by atoms with E-state index in [4.69, 9.17) is 31.4 Å². The zero-order chi connectivity index (χ0) is 94.1. The molecule has 0 saturated heterocycles. The fourth-order valence-electron chi connectivity index (χ4n) is 13.3. The second-order valence-corrected chi connectivity index (χ2v) is 51.8. The number of hydrogen-bond acceptors (Lipinski definition) is 17. The van der Waals surface area contributed by atoms with Crippen LogP contribution in [0.15, 0.2) is 320 Å². The van der Waals surface area contributed by atoms with Gasteiger partial charge in [-0.25, -0.2) is 24.2 Å². The summed E-state index contributed by atoms with van der Waals surface area (Å²) < 4.78 is 16.2. The van der Waals surface area contributed by atoms with Gasteiger partial charge in [-0.1, -0.05) is 341 Å². The first-order valence-electron chi connectivity index (χ1n) is 43.2. The van der Waals surface area contributed by atoms with E-state index in [-0.39, 0.29) is 124 Å². The Morgan fingerprint density at radius 1 is 0.444 bits per heavy atom.